The minimum absolute atomic E-state index is 0. The molecule has 6 heteroatoms. The predicted molar refractivity (Wildman–Crippen MR) is 99.7 cm³/mol. The summed E-state index contributed by atoms with van der Waals surface area (Å²) in [5.74, 6) is 0.992. The lowest BCUT2D eigenvalue weighted by molar-refractivity contribution is -0.122. The van der Waals surface area contributed by atoms with Crippen molar-refractivity contribution in [3.63, 3.8) is 0 Å². The number of halogens is 2. The zero-order valence-corrected chi connectivity index (χ0v) is 15.7. The lowest BCUT2D eigenvalue weighted by atomic mass is 9.85. The Kier molecular flexibility index (Phi) is 9.83. The quantitative estimate of drug-likeness (QED) is 0.736. The Balaban J connectivity index is 0.00000132. The first-order chi connectivity index (χ1) is 10.3. The van der Waals surface area contributed by atoms with E-state index in [0.717, 1.165) is 31.8 Å². The largest absolute Gasteiger partial charge is 0.355 e. The molecule has 3 aliphatic rings. The van der Waals surface area contributed by atoms with Crippen molar-refractivity contribution >= 4 is 30.7 Å². The fraction of sp³-hybridized carbons (Fsp3) is 0.941. The summed E-state index contributed by atoms with van der Waals surface area (Å²) in [5.41, 5.74) is 0. The van der Waals surface area contributed by atoms with Crippen LogP contribution in [0.4, 0.5) is 0 Å². The Bertz CT molecular complexity index is 337. The van der Waals surface area contributed by atoms with Crippen molar-refractivity contribution in [2.45, 2.75) is 69.9 Å². The van der Waals surface area contributed by atoms with Gasteiger partial charge in [0.15, 0.2) is 0 Å². The molecule has 3 rings (SSSR count). The molecule has 0 radical (unpaired) electrons. The third-order valence-corrected chi connectivity index (χ3v) is 5.58. The van der Waals surface area contributed by atoms with E-state index in [1.807, 2.05) is 0 Å². The monoisotopic (exact) mass is 365 g/mol. The van der Waals surface area contributed by atoms with Gasteiger partial charge in [-0.05, 0) is 64.1 Å². The van der Waals surface area contributed by atoms with Crippen molar-refractivity contribution in [1.82, 2.24) is 15.5 Å². The molecule has 0 aromatic heterocycles. The van der Waals surface area contributed by atoms with E-state index in [1.54, 1.807) is 0 Å². The number of piperidine rings is 1. The third kappa shape index (κ3) is 6.08. The molecule has 0 aromatic carbocycles. The van der Waals surface area contributed by atoms with E-state index in [1.165, 1.54) is 58.0 Å². The predicted octanol–water partition coefficient (Wildman–Crippen LogP) is 2.74. The number of rotatable bonds is 5. The number of likely N-dealkylation sites (tertiary alicyclic amines) is 1. The molecule has 23 heavy (non-hydrogen) atoms. The number of nitrogens with one attached hydrogen (secondary N) is 2. The van der Waals surface area contributed by atoms with Crippen LogP contribution in [0, 0.1) is 5.92 Å². The van der Waals surface area contributed by atoms with E-state index in [4.69, 9.17) is 0 Å². The zero-order chi connectivity index (χ0) is 14.5. The van der Waals surface area contributed by atoms with E-state index in [9.17, 15) is 4.79 Å². The van der Waals surface area contributed by atoms with Gasteiger partial charge >= 0.3 is 0 Å². The smallest absolute Gasteiger partial charge is 0.237 e. The normalized spacial score (nSPS) is 30.7. The molecular formula is C17H33Cl2N3O. The molecule has 0 bridgehead atoms. The Morgan fingerprint density at radius 3 is 2.52 bits per heavy atom. The molecule has 4 nitrogen and oxygen atoms in total. The van der Waals surface area contributed by atoms with Gasteiger partial charge in [-0.1, -0.05) is 19.3 Å². The summed E-state index contributed by atoms with van der Waals surface area (Å²) in [5, 5.41) is 6.71. The number of carbonyl (C=O) groups is 1. The molecule has 2 heterocycles. The van der Waals surface area contributed by atoms with Crippen LogP contribution in [-0.2, 0) is 4.79 Å². The number of hydrogen-bond acceptors (Lipinski definition) is 3. The van der Waals surface area contributed by atoms with Crippen LogP contribution in [0.2, 0.25) is 0 Å². The van der Waals surface area contributed by atoms with Crippen LogP contribution in [0.1, 0.15) is 57.8 Å². The highest BCUT2D eigenvalue weighted by Gasteiger charge is 2.37. The van der Waals surface area contributed by atoms with Crippen molar-refractivity contribution in [3.05, 3.63) is 0 Å². The lowest BCUT2D eigenvalue weighted by Crippen LogP contribution is -2.43. The SMILES string of the molecule is Cl.Cl.O=C(NCCCN1CCCCC1)C1CC2CCCCC2N1. The molecule has 1 amide bonds. The molecule has 3 unspecified atom stereocenters. The van der Waals surface area contributed by atoms with Crippen molar-refractivity contribution in [2.24, 2.45) is 5.92 Å². The van der Waals surface area contributed by atoms with Gasteiger partial charge in [-0.2, -0.15) is 0 Å². The van der Waals surface area contributed by atoms with E-state index in [-0.39, 0.29) is 36.8 Å². The summed E-state index contributed by atoms with van der Waals surface area (Å²) in [7, 11) is 0. The van der Waals surface area contributed by atoms with Crippen molar-refractivity contribution in [1.29, 1.82) is 0 Å². The summed E-state index contributed by atoms with van der Waals surface area (Å²) in [6, 6.07) is 0.691. The molecule has 1 aliphatic carbocycles. The molecule has 1 saturated carbocycles. The molecule has 2 saturated heterocycles. The van der Waals surface area contributed by atoms with Crippen LogP contribution < -0.4 is 10.6 Å². The highest BCUT2D eigenvalue weighted by atomic mass is 35.5. The van der Waals surface area contributed by atoms with E-state index in [2.05, 4.69) is 15.5 Å². The van der Waals surface area contributed by atoms with Crippen molar-refractivity contribution in [2.75, 3.05) is 26.2 Å². The van der Waals surface area contributed by atoms with Crippen LogP contribution >= 0.6 is 24.8 Å². The van der Waals surface area contributed by atoms with Crippen LogP contribution in [0.15, 0.2) is 0 Å². The summed E-state index contributed by atoms with van der Waals surface area (Å²) in [6.07, 6.45) is 11.5. The Morgan fingerprint density at radius 1 is 1.04 bits per heavy atom. The second kappa shape index (κ2) is 10.8. The van der Waals surface area contributed by atoms with Gasteiger partial charge in [-0.15, -0.1) is 24.8 Å². The maximum absolute atomic E-state index is 12.3. The molecule has 2 N–H and O–H groups in total. The first kappa shape index (κ1) is 21.0. The number of fused-ring (bicyclic) bond motifs is 1. The van der Waals surface area contributed by atoms with Crippen LogP contribution in [-0.4, -0.2) is 49.1 Å². The zero-order valence-electron chi connectivity index (χ0n) is 14.1. The number of nitrogens with zero attached hydrogens (tertiary/aromatic N) is 1. The van der Waals surface area contributed by atoms with Crippen LogP contribution in [0.25, 0.3) is 0 Å². The first-order valence-electron chi connectivity index (χ1n) is 9.09. The number of carbonyl (C=O) groups excluding carboxylic acids is 1. The summed E-state index contributed by atoms with van der Waals surface area (Å²) < 4.78 is 0. The van der Waals surface area contributed by atoms with Gasteiger partial charge in [-0.25, -0.2) is 0 Å². The third-order valence-electron chi connectivity index (χ3n) is 5.58. The minimum Gasteiger partial charge on any atom is -0.355 e. The fourth-order valence-corrected chi connectivity index (χ4v) is 4.34. The van der Waals surface area contributed by atoms with Crippen LogP contribution in [0.3, 0.4) is 0 Å². The Labute approximate surface area is 153 Å². The van der Waals surface area contributed by atoms with Gasteiger partial charge in [0.1, 0.15) is 0 Å². The van der Waals surface area contributed by atoms with Crippen molar-refractivity contribution < 1.29 is 4.79 Å². The number of hydrogen-bond donors (Lipinski definition) is 2. The average molecular weight is 366 g/mol. The minimum atomic E-state index is 0. The maximum Gasteiger partial charge on any atom is 0.237 e. The van der Waals surface area contributed by atoms with E-state index in [0.29, 0.717) is 6.04 Å². The van der Waals surface area contributed by atoms with Gasteiger partial charge < -0.3 is 15.5 Å². The van der Waals surface area contributed by atoms with Crippen molar-refractivity contribution in [3.8, 4) is 0 Å². The standard InChI is InChI=1S/C17H31N3O.2ClH/c21-17(16-13-14-7-2-3-8-15(14)19-16)18-9-6-12-20-10-4-1-5-11-20;;/h14-16,19H,1-13H2,(H,18,21);2*1H. The maximum atomic E-state index is 12.3. The Hall–Kier alpha value is -0.0300. The molecule has 136 valence electrons. The fourth-order valence-electron chi connectivity index (χ4n) is 4.34. The second-order valence-corrected chi connectivity index (χ2v) is 7.15. The summed E-state index contributed by atoms with van der Waals surface area (Å²) >= 11 is 0. The topological polar surface area (TPSA) is 44.4 Å². The number of amides is 1. The molecule has 0 spiro atoms. The highest BCUT2D eigenvalue weighted by molar-refractivity contribution is 5.85. The van der Waals surface area contributed by atoms with Gasteiger partial charge in [0.2, 0.25) is 5.91 Å². The summed E-state index contributed by atoms with van der Waals surface area (Å²) in [4.78, 5) is 14.8. The molecule has 2 aliphatic heterocycles. The summed E-state index contributed by atoms with van der Waals surface area (Å²) in [6.45, 7) is 4.48. The lowest BCUT2D eigenvalue weighted by Gasteiger charge is -2.26. The van der Waals surface area contributed by atoms with Gasteiger partial charge in [-0.3, -0.25) is 4.79 Å². The molecule has 3 atom stereocenters. The Morgan fingerprint density at radius 2 is 1.78 bits per heavy atom. The first-order valence-corrected chi connectivity index (χ1v) is 9.09. The van der Waals surface area contributed by atoms with Gasteiger partial charge in [0.25, 0.3) is 0 Å². The molecular weight excluding hydrogens is 333 g/mol. The molecule has 3 fully saturated rings. The van der Waals surface area contributed by atoms with Gasteiger partial charge in [0.05, 0.1) is 6.04 Å². The van der Waals surface area contributed by atoms with Gasteiger partial charge in [0, 0.05) is 12.6 Å². The van der Waals surface area contributed by atoms with E-state index < -0.39 is 0 Å². The van der Waals surface area contributed by atoms with E-state index >= 15 is 0 Å². The van der Waals surface area contributed by atoms with Crippen LogP contribution in [0.5, 0.6) is 0 Å². The molecule has 0 aromatic rings. The second-order valence-electron chi connectivity index (χ2n) is 7.15. The highest BCUT2D eigenvalue weighted by Crippen LogP contribution is 2.33. The average Bonchev–Trinajstić information content (AvgIpc) is 2.96.